The van der Waals surface area contributed by atoms with Gasteiger partial charge >= 0.3 is 0 Å². The minimum Gasteiger partial charge on any atom is -0.308 e. The van der Waals surface area contributed by atoms with Crippen molar-refractivity contribution < 1.29 is 14.2 Å². The lowest BCUT2D eigenvalue weighted by Gasteiger charge is -2.21. The molecule has 0 amide bonds. The fraction of sp³-hybridized carbons (Fsp3) is 0.184. The Balaban J connectivity index is 1.60. The van der Waals surface area contributed by atoms with E-state index < -0.39 is 19.1 Å². The van der Waals surface area contributed by atoms with Crippen molar-refractivity contribution in [2.24, 2.45) is 7.05 Å². The molecule has 42 heavy (non-hydrogen) atoms. The molecule has 4 nitrogen and oxygen atoms in total. The maximum Gasteiger partial charge on any atom is 0.212 e. The van der Waals surface area contributed by atoms with Crippen LogP contribution >= 0.6 is 0 Å². The van der Waals surface area contributed by atoms with E-state index in [1.807, 2.05) is 57.2 Å². The smallest absolute Gasteiger partial charge is 0.212 e. The second-order valence-electron chi connectivity index (χ2n) is 12.0. The number of pyridine rings is 1. The first-order valence-corrected chi connectivity index (χ1v) is 13.7. The third-order valence-electron chi connectivity index (χ3n) is 8.30. The molecule has 3 heterocycles. The molecule has 0 aliphatic carbocycles. The Kier molecular flexibility index (Phi) is 4.03. The highest BCUT2D eigenvalue weighted by molar-refractivity contribution is 6.24. The molecule has 4 heteroatoms. The minimum atomic E-state index is -2.61. The van der Waals surface area contributed by atoms with E-state index in [9.17, 15) is 10.5 Å². The molecule has 7 rings (SSSR count). The highest BCUT2D eigenvalue weighted by atomic mass is 14.9. The topological polar surface area (TPSA) is 55.9 Å². The largest absolute Gasteiger partial charge is 0.308 e. The van der Waals surface area contributed by atoms with Gasteiger partial charge in [-0.05, 0) is 77.8 Å². The first-order valence-electron chi connectivity index (χ1n) is 17.2. The lowest BCUT2D eigenvalue weighted by atomic mass is 9.84. The lowest BCUT2D eigenvalue weighted by Crippen LogP contribution is -2.31. The van der Waals surface area contributed by atoms with Crippen molar-refractivity contribution in [1.82, 2.24) is 4.40 Å². The number of nitrogens with zero attached hydrogens (tertiary/aromatic N) is 4. The molecule has 0 unspecified atom stereocenters. The predicted octanol–water partition coefficient (Wildman–Crippen LogP) is 8.65. The molecular weight excluding hydrogens is 512 g/mol. The Hall–Kier alpha value is -5.19. The normalized spacial score (nSPS) is 15.0. The molecule has 7 aromatic rings. The summed E-state index contributed by atoms with van der Waals surface area (Å²) in [6.07, 6.45) is 1.51. The average molecular weight is 551 g/mol. The van der Waals surface area contributed by atoms with E-state index in [0.717, 1.165) is 43.7 Å². The molecule has 0 N–H and O–H groups in total. The van der Waals surface area contributed by atoms with E-state index in [0.29, 0.717) is 22.4 Å². The highest BCUT2D eigenvalue weighted by Gasteiger charge is 2.23. The number of nitriles is 2. The van der Waals surface area contributed by atoms with Crippen molar-refractivity contribution in [3.05, 3.63) is 107 Å². The van der Waals surface area contributed by atoms with Gasteiger partial charge in [0.05, 0.1) is 41.2 Å². The van der Waals surface area contributed by atoms with Gasteiger partial charge in [0.2, 0.25) is 5.69 Å². The minimum absolute atomic E-state index is 0.0538. The summed E-state index contributed by atoms with van der Waals surface area (Å²) in [7, 11) is 1.75. The number of fused-ring (bicyclic) bond motifs is 6. The van der Waals surface area contributed by atoms with Crippen LogP contribution in [0.2, 0.25) is 0 Å². The van der Waals surface area contributed by atoms with Gasteiger partial charge in [0.25, 0.3) is 0 Å². The number of aryl methyl sites for hydroxylation is 3. The van der Waals surface area contributed by atoms with Crippen LogP contribution in [-0.4, -0.2) is 4.40 Å². The molecule has 0 bridgehead atoms. The zero-order valence-electron chi connectivity index (χ0n) is 30.7. The fourth-order valence-corrected chi connectivity index (χ4v) is 6.13. The van der Waals surface area contributed by atoms with E-state index in [4.69, 9.17) is 9.60 Å². The molecule has 0 atom stereocenters. The zero-order chi connectivity index (χ0) is 35.4. The van der Waals surface area contributed by atoms with Crippen molar-refractivity contribution in [2.75, 3.05) is 0 Å². The van der Waals surface area contributed by atoms with Gasteiger partial charge < -0.3 is 4.40 Å². The average Bonchev–Trinajstić information content (AvgIpc) is 3.53. The molecule has 0 radical (unpaired) electrons. The quantitative estimate of drug-likeness (QED) is 0.202. The third-order valence-corrected chi connectivity index (χ3v) is 8.30. The van der Waals surface area contributed by atoms with Gasteiger partial charge in [0.15, 0.2) is 6.20 Å². The number of hydrogen-bond donors (Lipinski definition) is 0. The molecule has 202 valence electrons. The summed E-state index contributed by atoms with van der Waals surface area (Å²) in [6.45, 7) is 0.608. The maximum atomic E-state index is 9.70. The molecule has 0 saturated heterocycles. The molecular formula is C38H31N4+. The number of aromatic nitrogens is 2. The summed E-state index contributed by atoms with van der Waals surface area (Å²) in [6, 6.07) is 24.4. The van der Waals surface area contributed by atoms with Gasteiger partial charge in [-0.2, -0.15) is 10.5 Å². The number of benzene rings is 4. The monoisotopic (exact) mass is 550 g/mol. The van der Waals surface area contributed by atoms with Crippen molar-refractivity contribution in [2.45, 2.75) is 39.9 Å². The number of rotatable bonds is 2. The molecule has 4 aromatic carbocycles. The maximum absolute atomic E-state index is 9.70. The molecule has 0 aliphatic rings. The highest BCUT2D eigenvalue weighted by Crippen LogP contribution is 2.42. The molecule has 0 aliphatic heterocycles. The summed E-state index contributed by atoms with van der Waals surface area (Å²) in [5.74, 6) is 0. The van der Waals surface area contributed by atoms with Crippen LogP contribution in [0, 0.1) is 36.4 Å². The summed E-state index contributed by atoms with van der Waals surface area (Å²) < 4.78 is 63.5. The lowest BCUT2D eigenvalue weighted by molar-refractivity contribution is -0.660. The van der Waals surface area contributed by atoms with Gasteiger partial charge in [-0.25, -0.2) is 4.57 Å². The SMILES string of the molecule is [2H]c1cc(C(C)(C)C)cc(C([2H])([2H])[2H])c1-c1cc(-c2cc3c4ccc(C#N)cc4n4c5cc(C#N)ccc5c(c2)c34)[n+](C)cc1C([2H])([2H])[2H]. The van der Waals surface area contributed by atoms with Crippen molar-refractivity contribution in [3.8, 4) is 34.5 Å². The van der Waals surface area contributed by atoms with Crippen LogP contribution in [0.25, 0.3) is 60.5 Å². The Morgan fingerprint density at radius 3 is 1.93 bits per heavy atom. The van der Waals surface area contributed by atoms with E-state index in [1.165, 1.54) is 6.20 Å². The fourth-order valence-electron chi connectivity index (χ4n) is 6.13. The van der Waals surface area contributed by atoms with Gasteiger partial charge in [-0.15, -0.1) is 0 Å². The molecule has 0 fully saturated rings. The van der Waals surface area contributed by atoms with E-state index >= 15 is 0 Å². The number of hydrogen-bond acceptors (Lipinski definition) is 2. The summed E-state index contributed by atoms with van der Waals surface area (Å²) in [5.41, 5.74) is 5.30. The van der Waals surface area contributed by atoms with Gasteiger partial charge in [0, 0.05) is 47.0 Å². The summed E-state index contributed by atoms with van der Waals surface area (Å²) in [5, 5.41) is 23.0. The predicted molar refractivity (Wildman–Crippen MR) is 171 cm³/mol. The Labute approximate surface area is 255 Å². The Bertz CT molecular complexity index is 2510. The van der Waals surface area contributed by atoms with Gasteiger partial charge in [-0.3, -0.25) is 0 Å². The first kappa shape index (κ1) is 19.0. The van der Waals surface area contributed by atoms with Crippen LogP contribution < -0.4 is 4.57 Å². The van der Waals surface area contributed by atoms with Crippen molar-refractivity contribution in [1.29, 1.82) is 10.5 Å². The van der Waals surface area contributed by atoms with Crippen LogP contribution in [0.3, 0.4) is 0 Å². The van der Waals surface area contributed by atoms with E-state index in [2.05, 4.69) is 16.5 Å². The standard InChI is InChI=1S/C38H31N4/c1-22-13-27(38(3,4)5)9-12-28(22)31-18-34(41(6)21-23(31)2)26-16-32-29-10-7-24(19-39)14-35(29)42-36-15-25(20-40)8-11-30(36)33(17-26)37(32)42/h7-18,21H,1-6H3/q+1/i1D3,2D3,12D. The summed E-state index contributed by atoms with van der Waals surface area (Å²) >= 11 is 0. The van der Waals surface area contributed by atoms with Gasteiger partial charge in [0.1, 0.15) is 7.05 Å². The van der Waals surface area contributed by atoms with E-state index in [1.54, 1.807) is 41.9 Å². The van der Waals surface area contributed by atoms with Gasteiger partial charge in [-0.1, -0.05) is 51.1 Å². The third kappa shape index (κ3) is 3.69. The summed E-state index contributed by atoms with van der Waals surface area (Å²) in [4.78, 5) is 0. The Morgan fingerprint density at radius 1 is 0.762 bits per heavy atom. The Morgan fingerprint density at radius 2 is 1.38 bits per heavy atom. The van der Waals surface area contributed by atoms with Crippen LogP contribution in [0.1, 0.15) is 58.2 Å². The second kappa shape index (κ2) is 8.90. The van der Waals surface area contributed by atoms with Crippen molar-refractivity contribution >= 4 is 38.1 Å². The van der Waals surface area contributed by atoms with Crippen LogP contribution in [0.5, 0.6) is 0 Å². The van der Waals surface area contributed by atoms with Crippen molar-refractivity contribution in [3.63, 3.8) is 0 Å². The van der Waals surface area contributed by atoms with Crippen LogP contribution in [0.15, 0.2) is 79.0 Å². The molecule has 0 spiro atoms. The first-order chi connectivity index (χ1) is 22.9. The zero-order valence-corrected chi connectivity index (χ0v) is 23.7. The van der Waals surface area contributed by atoms with Crippen LogP contribution in [0.4, 0.5) is 0 Å². The molecule has 3 aromatic heterocycles. The van der Waals surface area contributed by atoms with E-state index in [-0.39, 0.29) is 28.3 Å². The molecule has 0 saturated carbocycles. The van der Waals surface area contributed by atoms with Crippen LogP contribution in [-0.2, 0) is 12.5 Å². The second-order valence-corrected chi connectivity index (χ2v) is 12.0.